The Hall–Kier alpha value is -3.23. The highest BCUT2D eigenvalue weighted by Crippen LogP contribution is 2.27. The molecule has 0 bridgehead atoms. The standard InChI is InChI=1S/C26H30N4O3S/c1-3-29(18-23-6-4-5-14-28-23)26(31)19-30(24-10-7-20(2)8-11-24)34(32,33)25-12-9-21-13-15-27-17-22(21)16-25/h4-12,14,16,27H,3,13,15,17-19H2,1-2H3. The first-order valence-electron chi connectivity index (χ1n) is 11.5. The normalized spacial score (nSPS) is 13.2. The number of nitrogens with one attached hydrogen (secondary N) is 1. The summed E-state index contributed by atoms with van der Waals surface area (Å²) >= 11 is 0. The minimum atomic E-state index is -3.97. The van der Waals surface area contributed by atoms with Crippen LogP contribution >= 0.6 is 0 Å². The number of likely N-dealkylation sites (N-methyl/N-ethyl adjacent to an activating group) is 1. The number of carbonyl (C=O) groups excluding carboxylic acids is 1. The molecule has 1 aliphatic rings. The maximum Gasteiger partial charge on any atom is 0.264 e. The monoisotopic (exact) mass is 478 g/mol. The van der Waals surface area contributed by atoms with Crippen molar-refractivity contribution in [1.82, 2.24) is 15.2 Å². The van der Waals surface area contributed by atoms with Gasteiger partial charge in [-0.1, -0.05) is 29.8 Å². The number of hydrogen-bond acceptors (Lipinski definition) is 5. The van der Waals surface area contributed by atoms with Crippen molar-refractivity contribution >= 4 is 21.6 Å². The van der Waals surface area contributed by atoms with Crippen molar-refractivity contribution in [3.63, 3.8) is 0 Å². The first-order valence-corrected chi connectivity index (χ1v) is 12.9. The second-order valence-corrected chi connectivity index (χ2v) is 10.3. The summed E-state index contributed by atoms with van der Waals surface area (Å²) in [6.07, 6.45) is 2.55. The van der Waals surface area contributed by atoms with Gasteiger partial charge in [-0.2, -0.15) is 0 Å². The summed E-state index contributed by atoms with van der Waals surface area (Å²) < 4.78 is 28.9. The van der Waals surface area contributed by atoms with Crippen LogP contribution in [0.3, 0.4) is 0 Å². The van der Waals surface area contributed by atoms with E-state index in [0.29, 0.717) is 25.3 Å². The quantitative estimate of drug-likeness (QED) is 0.537. The molecule has 1 N–H and O–H groups in total. The number of aryl methyl sites for hydroxylation is 1. The zero-order valence-electron chi connectivity index (χ0n) is 19.6. The number of carbonyl (C=O) groups is 1. The van der Waals surface area contributed by atoms with Gasteiger partial charge in [0, 0.05) is 19.3 Å². The molecule has 0 aliphatic carbocycles. The topological polar surface area (TPSA) is 82.6 Å². The van der Waals surface area contributed by atoms with Crippen LogP contribution in [-0.2, 0) is 34.3 Å². The molecule has 2 aromatic carbocycles. The Balaban J connectivity index is 1.66. The van der Waals surface area contributed by atoms with Gasteiger partial charge in [-0.3, -0.25) is 14.1 Å². The molecule has 0 saturated carbocycles. The lowest BCUT2D eigenvalue weighted by Crippen LogP contribution is -2.43. The molecule has 0 atom stereocenters. The fourth-order valence-electron chi connectivity index (χ4n) is 4.06. The Morgan fingerprint density at radius 3 is 2.56 bits per heavy atom. The smallest absolute Gasteiger partial charge is 0.264 e. The highest BCUT2D eigenvalue weighted by atomic mass is 32.2. The molecule has 7 nitrogen and oxygen atoms in total. The molecule has 4 rings (SSSR count). The van der Waals surface area contributed by atoms with Gasteiger partial charge < -0.3 is 10.2 Å². The van der Waals surface area contributed by atoms with E-state index in [-0.39, 0.29) is 17.3 Å². The molecule has 1 aromatic heterocycles. The van der Waals surface area contributed by atoms with Crippen LogP contribution in [0.2, 0.25) is 0 Å². The minimum Gasteiger partial charge on any atom is -0.336 e. The Morgan fingerprint density at radius 1 is 1.06 bits per heavy atom. The molecule has 0 fully saturated rings. The highest BCUT2D eigenvalue weighted by molar-refractivity contribution is 7.92. The van der Waals surface area contributed by atoms with Crippen molar-refractivity contribution < 1.29 is 13.2 Å². The lowest BCUT2D eigenvalue weighted by Gasteiger charge is -2.28. The number of fused-ring (bicyclic) bond motifs is 1. The molecule has 178 valence electrons. The molecule has 3 aromatic rings. The second kappa shape index (κ2) is 10.4. The van der Waals surface area contributed by atoms with Crippen molar-refractivity contribution in [2.75, 3.05) is 23.9 Å². The molecule has 34 heavy (non-hydrogen) atoms. The first-order chi connectivity index (χ1) is 16.4. The number of amides is 1. The van der Waals surface area contributed by atoms with Crippen LogP contribution in [-0.4, -0.2) is 43.8 Å². The van der Waals surface area contributed by atoms with Crippen LogP contribution in [0.1, 0.15) is 29.3 Å². The number of nitrogens with zero attached hydrogens (tertiary/aromatic N) is 3. The van der Waals surface area contributed by atoms with E-state index in [2.05, 4.69) is 10.3 Å². The predicted molar refractivity (Wildman–Crippen MR) is 133 cm³/mol. The number of benzene rings is 2. The Labute approximate surface area is 201 Å². The number of hydrogen-bond donors (Lipinski definition) is 1. The maximum atomic E-state index is 13.8. The Bertz CT molecular complexity index is 1240. The van der Waals surface area contributed by atoms with E-state index in [1.54, 1.807) is 35.4 Å². The minimum absolute atomic E-state index is 0.191. The molecular formula is C26H30N4O3S. The third-order valence-electron chi connectivity index (χ3n) is 6.07. The molecule has 0 saturated heterocycles. The van der Waals surface area contributed by atoms with Gasteiger partial charge in [0.05, 0.1) is 22.8 Å². The van der Waals surface area contributed by atoms with Gasteiger partial charge >= 0.3 is 0 Å². The van der Waals surface area contributed by atoms with Crippen molar-refractivity contribution in [2.45, 2.75) is 38.3 Å². The van der Waals surface area contributed by atoms with Gasteiger partial charge in [0.2, 0.25) is 5.91 Å². The number of rotatable bonds is 8. The van der Waals surface area contributed by atoms with E-state index in [4.69, 9.17) is 0 Å². The lowest BCUT2D eigenvalue weighted by molar-refractivity contribution is -0.130. The van der Waals surface area contributed by atoms with Crippen molar-refractivity contribution in [1.29, 1.82) is 0 Å². The van der Waals surface area contributed by atoms with Gasteiger partial charge in [-0.25, -0.2) is 8.42 Å². The molecule has 1 aliphatic heterocycles. The number of pyridine rings is 1. The molecule has 8 heteroatoms. The van der Waals surface area contributed by atoms with Crippen LogP contribution in [0.15, 0.2) is 71.8 Å². The summed E-state index contributed by atoms with van der Waals surface area (Å²) in [6, 6.07) is 18.0. The van der Waals surface area contributed by atoms with Crippen molar-refractivity contribution in [3.05, 3.63) is 89.2 Å². The van der Waals surface area contributed by atoms with E-state index in [1.165, 1.54) is 4.31 Å². The zero-order chi connectivity index (χ0) is 24.1. The average Bonchev–Trinajstić information content (AvgIpc) is 2.86. The SMILES string of the molecule is CCN(Cc1ccccn1)C(=O)CN(c1ccc(C)cc1)S(=O)(=O)c1ccc2c(c1)CNCC2. The third kappa shape index (κ3) is 5.29. The molecular weight excluding hydrogens is 448 g/mol. The average molecular weight is 479 g/mol. The summed E-state index contributed by atoms with van der Waals surface area (Å²) in [5.41, 5.74) is 4.36. The number of aromatic nitrogens is 1. The Kier molecular flexibility index (Phi) is 7.29. The summed E-state index contributed by atoms with van der Waals surface area (Å²) in [5.74, 6) is -0.281. The van der Waals surface area contributed by atoms with Crippen LogP contribution in [0.25, 0.3) is 0 Å². The summed E-state index contributed by atoms with van der Waals surface area (Å²) in [4.78, 5) is 19.4. The fourth-order valence-corrected chi connectivity index (χ4v) is 5.52. The lowest BCUT2D eigenvalue weighted by atomic mass is 10.0. The number of sulfonamides is 1. The third-order valence-corrected chi connectivity index (χ3v) is 7.84. The maximum absolute atomic E-state index is 13.8. The largest absolute Gasteiger partial charge is 0.336 e. The number of anilines is 1. The highest BCUT2D eigenvalue weighted by Gasteiger charge is 2.29. The zero-order valence-corrected chi connectivity index (χ0v) is 20.4. The first kappa shape index (κ1) is 23.9. The van der Waals surface area contributed by atoms with Crippen LogP contribution in [0.5, 0.6) is 0 Å². The molecule has 2 heterocycles. The Morgan fingerprint density at radius 2 is 1.85 bits per heavy atom. The van der Waals surface area contributed by atoms with Gasteiger partial charge in [0.15, 0.2) is 0 Å². The van der Waals surface area contributed by atoms with E-state index >= 15 is 0 Å². The van der Waals surface area contributed by atoms with Crippen LogP contribution in [0.4, 0.5) is 5.69 Å². The van der Waals surface area contributed by atoms with E-state index in [9.17, 15) is 13.2 Å². The van der Waals surface area contributed by atoms with Crippen molar-refractivity contribution in [2.24, 2.45) is 0 Å². The fraction of sp³-hybridized carbons (Fsp3) is 0.308. The molecule has 0 radical (unpaired) electrons. The van der Waals surface area contributed by atoms with Crippen LogP contribution in [0, 0.1) is 6.92 Å². The predicted octanol–water partition coefficient (Wildman–Crippen LogP) is 3.28. The van der Waals surface area contributed by atoms with E-state index < -0.39 is 10.0 Å². The van der Waals surface area contributed by atoms with E-state index in [0.717, 1.165) is 35.3 Å². The van der Waals surface area contributed by atoms with Crippen LogP contribution < -0.4 is 9.62 Å². The molecule has 0 spiro atoms. The van der Waals surface area contributed by atoms with Gasteiger partial charge in [0.25, 0.3) is 10.0 Å². The van der Waals surface area contributed by atoms with E-state index in [1.807, 2.05) is 50.2 Å². The molecule has 1 amide bonds. The van der Waals surface area contributed by atoms with Gasteiger partial charge in [0.1, 0.15) is 6.54 Å². The van der Waals surface area contributed by atoms with Gasteiger partial charge in [-0.15, -0.1) is 0 Å². The van der Waals surface area contributed by atoms with Crippen molar-refractivity contribution in [3.8, 4) is 0 Å². The second-order valence-electron chi connectivity index (χ2n) is 8.43. The summed E-state index contributed by atoms with van der Waals surface area (Å²) in [7, 11) is -3.97. The summed E-state index contributed by atoms with van der Waals surface area (Å²) in [6.45, 7) is 5.81. The molecule has 0 unspecified atom stereocenters. The van der Waals surface area contributed by atoms with Gasteiger partial charge in [-0.05, 0) is 74.3 Å². The summed E-state index contributed by atoms with van der Waals surface area (Å²) in [5, 5.41) is 3.29.